The molecule has 0 aliphatic carbocycles. The highest BCUT2D eigenvalue weighted by Crippen LogP contribution is 2.22. The van der Waals surface area contributed by atoms with Crippen molar-refractivity contribution in [1.29, 1.82) is 0 Å². The van der Waals surface area contributed by atoms with E-state index >= 15 is 0 Å². The summed E-state index contributed by atoms with van der Waals surface area (Å²) in [5.41, 5.74) is 6.63. The number of ether oxygens (including phenoxy) is 1. The van der Waals surface area contributed by atoms with E-state index in [0.29, 0.717) is 13.0 Å². The molecule has 0 radical (unpaired) electrons. The zero-order valence-electron chi connectivity index (χ0n) is 9.71. The van der Waals surface area contributed by atoms with Gasteiger partial charge in [0.05, 0.1) is 0 Å². The molecule has 6 heteroatoms. The molecule has 1 aromatic rings. The van der Waals surface area contributed by atoms with Gasteiger partial charge >= 0.3 is 6.18 Å². The molecule has 0 saturated heterocycles. The number of hydrogen-bond donors (Lipinski definition) is 1. The third-order valence-electron chi connectivity index (χ3n) is 2.48. The van der Waals surface area contributed by atoms with E-state index in [1.165, 1.54) is 0 Å². The molecule has 2 N–H and O–H groups in total. The Hall–Kier alpha value is -0.590. The summed E-state index contributed by atoms with van der Waals surface area (Å²) in [6.07, 6.45) is -3.79. The van der Waals surface area contributed by atoms with E-state index in [1.807, 2.05) is 24.3 Å². The zero-order valence-corrected chi connectivity index (χ0v) is 11.3. The Morgan fingerprint density at radius 2 is 2.06 bits per heavy atom. The maximum atomic E-state index is 11.9. The van der Waals surface area contributed by atoms with Crippen molar-refractivity contribution in [2.24, 2.45) is 5.73 Å². The predicted molar refractivity (Wildman–Crippen MR) is 67.4 cm³/mol. The number of halogens is 4. The lowest BCUT2D eigenvalue weighted by Gasteiger charge is -2.16. The maximum absolute atomic E-state index is 11.9. The molecule has 0 aromatic heterocycles. The highest BCUT2D eigenvalue weighted by atomic mass is 79.9. The van der Waals surface area contributed by atoms with E-state index < -0.39 is 12.8 Å². The monoisotopic (exact) mass is 325 g/mol. The number of hydrogen-bond acceptors (Lipinski definition) is 2. The first-order chi connectivity index (χ1) is 8.42. The first kappa shape index (κ1) is 15.5. The van der Waals surface area contributed by atoms with E-state index in [2.05, 4.69) is 20.7 Å². The average Bonchev–Trinajstić information content (AvgIpc) is 2.27. The van der Waals surface area contributed by atoms with Crippen LogP contribution in [-0.4, -0.2) is 25.9 Å². The summed E-state index contributed by atoms with van der Waals surface area (Å²) in [5.74, 6) is 0.00994. The van der Waals surface area contributed by atoms with Crippen molar-refractivity contribution in [3.63, 3.8) is 0 Å². The fourth-order valence-electron chi connectivity index (χ4n) is 1.59. The number of nitrogens with two attached hydrogens (primary N) is 1. The Kier molecular flexibility index (Phi) is 6.11. The van der Waals surface area contributed by atoms with Crippen LogP contribution >= 0.6 is 15.9 Å². The highest BCUT2D eigenvalue weighted by molar-refractivity contribution is 9.10. The van der Waals surface area contributed by atoms with Crippen molar-refractivity contribution in [3.8, 4) is 0 Å². The molecular formula is C12H15BrF3NO. The molecule has 0 saturated carbocycles. The van der Waals surface area contributed by atoms with Gasteiger partial charge in [0.1, 0.15) is 6.61 Å². The zero-order chi connectivity index (χ0) is 13.6. The van der Waals surface area contributed by atoms with Crippen LogP contribution in [0, 0.1) is 0 Å². The van der Waals surface area contributed by atoms with Gasteiger partial charge in [-0.15, -0.1) is 0 Å². The minimum absolute atomic E-state index is 0.00994. The fourth-order valence-corrected chi connectivity index (χ4v) is 2.01. The maximum Gasteiger partial charge on any atom is 0.411 e. The van der Waals surface area contributed by atoms with Crippen LogP contribution in [0.5, 0.6) is 0 Å². The predicted octanol–water partition coefficient (Wildman–Crippen LogP) is 3.46. The Balaban J connectivity index is 2.43. The molecule has 0 amide bonds. The van der Waals surface area contributed by atoms with Gasteiger partial charge in [-0.1, -0.05) is 28.1 Å². The topological polar surface area (TPSA) is 35.2 Å². The van der Waals surface area contributed by atoms with Crippen LogP contribution in [0.15, 0.2) is 28.7 Å². The van der Waals surface area contributed by atoms with Crippen LogP contribution in [0.4, 0.5) is 13.2 Å². The average molecular weight is 326 g/mol. The largest absolute Gasteiger partial charge is 0.411 e. The summed E-state index contributed by atoms with van der Waals surface area (Å²) in [6.45, 7) is -0.775. The quantitative estimate of drug-likeness (QED) is 0.813. The second kappa shape index (κ2) is 7.11. The minimum atomic E-state index is -4.27. The van der Waals surface area contributed by atoms with Crippen LogP contribution in [0.25, 0.3) is 0 Å². The molecule has 1 unspecified atom stereocenters. The number of rotatable bonds is 6. The van der Waals surface area contributed by atoms with Gasteiger partial charge < -0.3 is 10.5 Å². The van der Waals surface area contributed by atoms with Crippen molar-refractivity contribution in [3.05, 3.63) is 34.3 Å². The molecule has 0 fully saturated rings. The summed E-state index contributed by atoms with van der Waals surface area (Å²) < 4.78 is 41.2. The van der Waals surface area contributed by atoms with E-state index in [-0.39, 0.29) is 12.5 Å². The minimum Gasteiger partial charge on any atom is -0.372 e. The van der Waals surface area contributed by atoms with Crippen molar-refractivity contribution in [2.75, 3.05) is 19.8 Å². The van der Waals surface area contributed by atoms with Crippen LogP contribution in [0.2, 0.25) is 0 Å². The molecule has 0 spiro atoms. The molecule has 1 rings (SSSR count). The Labute approximate surface area is 112 Å². The second-order valence-electron chi connectivity index (χ2n) is 3.94. The standard InChI is InChI=1S/C12H15BrF3NO/c13-11-3-1-2-9(6-11)10(7-17)4-5-18-8-12(14,15)16/h1-3,6,10H,4-5,7-8,17H2. The first-order valence-electron chi connectivity index (χ1n) is 5.52. The van der Waals surface area contributed by atoms with E-state index in [0.717, 1.165) is 10.0 Å². The molecule has 102 valence electrons. The lowest BCUT2D eigenvalue weighted by Crippen LogP contribution is -2.20. The molecule has 1 atom stereocenters. The Morgan fingerprint density at radius 1 is 1.33 bits per heavy atom. The molecule has 18 heavy (non-hydrogen) atoms. The molecule has 2 nitrogen and oxygen atoms in total. The SMILES string of the molecule is NCC(CCOCC(F)(F)F)c1cccc(Br)c1. The van der Waals surface area contributed by atoms with E-state index in [4.69, 9.17) is 5.73 Å². The van der Waals surface area contributed by atoms with Crippen LogP contribution < -0.4 is 5.73 Å². The summed E-state index contributed by atoms with van der Waals surface area (Å²) in [7, 11) is 0. The van der Waals surface area contributed by atoms with Crippen molar-refractivity contribution in [1.82, 2.24) is 0 Å². The summed E-state index contributed by atoms with van der Waals surface area (Å²) in [4.78, 5) is 0. The molecule has 0 aliphatic heterocycles. The lowest BCUT2D eigenvalue weighted by atomic mass is 9.96. The summed E-state index contributed by atoms with van der Waals surface area (Å²) >= 11 is 3.35. The van der Waals surface area contributed by atoms with Crippen LogP contribution in [-0.2, 0) is 4.74 Å². The number of alkyl halides is 3. The smallest absolute Gasteiger partial charge is 0.372 e. The van der Waals surface area contributed by atoms with Gasteiger partial charge in [0.25, 0.3) is 0 Å². The van der Waals surface area contributed by atoms with Crippen LogP contribution in [0.3, 0.4) is 0 Å². The van der Waals surface area contributed by atoms with Crippen molar-refractivity contribution < 1.29 is 17.9 Å². The highest BCUT2D eigenvalue weighted by Gasteiger charge is 2.27. The number of benzene rings is 1. The van der Waals surface area contributed by atoms with Gasteiger partial charge in [-0.05, 0) is 36.6 Å². The fraction of sp³-hybridized carbons (Fsp3) is 0.500. The Morgan fingerprint density at radius 3 is 2.61 bits per heavy atom. The van der Waals surface area contributed by atoms with Gasteiger partial charge in [0.15, 0.2) is 0 Å². The van der Waals surface area contributed by atoms with Gasteiger partial charge in [0.2, 0.25) is 0 Å². The Bertz CT molecular complexity index is 371. The third-order valence-corrected chi connectivity index (χ3v) is 2.97. The van der Waals surface area contributed by atoms with Gasteiger partial charge in [-0.2, -0.15) is 13.2 Å². The normalized spacial score (nSPS) is 13.6. The van der Waals surface area contributed by atoms with Gasteiger partial charge in [-0.3, -0.25) is 0 Å². The summed E-state index contributed by atoms with van der Waals surface area (Å²) in [5, 5.41) is 0. The van der Waals surface area contributed by atoms with Gasteiger partial charge in [-0.25, -0.2) is 0 Å². The van der Waals surface area contributed by atoms with Crippen molar-refractivity contribution in [2.45, 2.75) is 18.5 Å². The second-order valence-corrected chi connectivity index (χ2v) is 4.86. The molecular weight excluding hydrogens is 311 g/mol. The molecule has 0 aliphatic rings. The third kappa shape index (κ3) is 5.84. The molecule has 0 bridgehead atoms. The van der Waals surface area contributed by atoms with E-state index in [1.54, 1.807) is 0 Å². The molecule has 0 heterocycles. The summed E-state index contributed by atoms with van der Waals surface area (Å²) in [6, 6.07) is 7.59. The molecule has 1 aromatic carbocycles. The first-order valence-corrected chi connectivity index (χ1v) is 6.31. The van der Waals surface area contributed by atoms with Crippen LogP contribution in [0.1, 0.15) is 17.9 Å². The van der Waals surface area contributed by atoms with Gasteiger partial charge in [0, 0.05) is 11.1 Å². The van der Waals surface area contributed by atoms with E-state index in [9.17, 15) is 13.2 Å². The lowest BCUT2D eigenvalue weighted by molar-refractivity contribution is -0.174. The van der Waals surface area contributed by atoms with Crippen molar-refractivity contribution >= 4 is 15.9 Å².